The number of benzene rings is 2. The number of carbonyl (C=O) groups is 1. The Morgan fingerprint density at radius 1 is 0.966 bits per heavy atom. The molecule has 0 spiro atoms. The molecule has 0 saturated carbocycles. The smallest absolute Gasteiger partial charge is 0.248 e. The lowest BCUT2D eigenvalue weighted by Crippen LogP contribution is -2.36. The molecule has 0 atom stereocenters. The summed E-state index contributed by atoms with van der Waals surface area (Å²) in [5, 5.41) is 2.83. The molecule has 1 aliphatic heterocycles. The summed E-state index contributed by atoms with van der Waals surface area (Å²) in [4.78, 5) is 14.4. The average Bonchev–Trinajstić information content (AvgIpc) is 3.23. The van der Waals surface area contributed by atoms with Crippen molar-refractivity contribution in [3.05, 3.63) is 78.3 Å². The number of rotatable bonds is 5. The van der Waals surface area contributed by atoms with Crippen molar-refractivity contribution in [1.29, 1.82) is 0 Å². The van der Waals surface area contributed by atoms with Crippen molar-refractivity contribution in [2.75, 3.05) is 36.5 Å². The lowest BCUT2D eigenvalue weighted by Gasteiger charge is -2.28. The highest BCUT2D eigenvalue weighted by atomic mass is 19.1. The van der Waals surface area contributed by atoms with Crippen LogP contribution in [0.2, 0.25) is 0 Å². The largest absolute Gasteiger partial charge is 0.457 e. The predicted octanol–water partition coefficient (Wildman–Crippen LogP) is 4.57. The zero-order chi connectivity index (χ0) is 20.1. The summed E-state index contributed by atoms with van der Waals surface area (Å²) < 4.78 is 24.1. The van der Waals surface area contributed by atoms with Gasteiger partial charge in [0.25, 0.3) is 0 Å². The van der Waals surface area contributed by atoms with E-state index in [-0.39, 0.29) is 11.7 Å². The van der Waals surface area contributed by atoms with Crippen LogP contribution in [0.25, 0.3) is 17.4 Å². The van der Waals surface area contributed by atoms with Crippen molar-refractivity contribution in [1.82, 2.24) is 0 Å². The molecule has 5 nitrogen and oxygen atoms in total. The van der Waals surface area contributed by atoms with Crippen molar-refractivity contribution in [2.24, 2.45) is 0 Å². The SMILES string of the molecule is O=C(/C=C/c1ccc(-c2ccc(F)cc2)o1)Nc1ccc(N2CCOCC2)cc1. The number of hydrogen-bond donors (Lipinski definition) is 1. The Morgan fingerprint density at radius 2 is 1.69 bits per heavy atom. The first kappa shape index (κ1) is 19.0. The van der Waals surface area contributed by atoms with Gasteiger partial charge in [-0.2, -0.15) is 0 Å². The quantitative estimate of drug-likeness (QED) is 0.646. The van der Waals surface area contributed by atoms with E-state index in [0.29, 0.717) is 11.5 Å². The Morgan fingerprint density at radius 3 is 2.41 bits per heavy atom. The number of morpholine rings is 1. The number of carbonyl (C=O) groups excluding carboxylic acids is 1. The number of ether oxygens (including phenoxy) is 1. The Bertz CT molecular complexity index is 988. The first-order valence-electron chi connectivity index (χ1n) is 9.45. The number of halogens is 1. The summed E-state index contributed by atoms with van der Waals surface area (Å²) in [6, 6.07) is 17.4. The topological polar surface area (TPSA) is 54.7 Å². The highest BCUT2D eigenvalue weighted by Crippen LogP contribution is 2.23. The highest BCUT2D eigenvalue weighted by molar-refractivity contribution is 6.01. The van der Waals surface area contributed by atoms with Crippen LogP contribution in [0.1, 0.15) is 5.76 Å². The van der Waals surface area contributed by atoms with Crippen LogP contribution in [0.3, 0.4) is 0 Å². The van der Waals surface area contributed by atoms with Crippen molar-refractivity contribution >= 4 is 23.4 Å². The van der Waals surface area contributed by atoms with Gasteiger partial charge < -0.3 is 19.4 Å². The van der Waals surface area contributed by atoms with Crippen LogP contribution >= 0.6 is 0 Å². The number of anilines is 2. The lowest BCUT2D eigenvalue weighted by molar-refractivity contribution is -0.111. The Balaban J connectivity index is 1.34. The summed E-state index contributed by atoms with van der Waals surface area (Å²) in [7, 11) is 0. The molecule has 1 aromatic heterocycles. The van der Waals surface area contributed by atoms with Gasteiger partial charge in [-0.3, -0.25) is 4.79 Å². The maximum Gasteiger partial charge on any atom is 0.248 e. The van der Waals surface area contributed by atoms with E-state index in [4.69, 9.17) is 9.15 Å². The van der Waals surface area contributed by atoms with Crippen molar-refractivity contribution in [3.63, 3.8) is 0 Å². The molecule has 0 bridgehead atoms. The van der Waals surface area contributed by atoms with Gasteiger partial charge in [0.05, 0.1) is 13.2 Å². The van der Waals surface area contributed by atoms with E-state index < -0.39 is 0 Å². The molecule has 0 unspecified atom stereocenters. The summed E-state index contributed by atoms with van der Waals surface area (Å²) in [6.07, 6.45) is 3.02. The minimum absolute atomic E-state index is 0.246. The fourth-order valence-electron chi connectivity index (χ4n) is 3.13. The third kappa shape index (κ3) is 4.92. The minimum Gasteiger partial charge on any atom is -0.457 e. The van der Waals surface area contributed by atoms with Gasteiger partial charge in [0, 0.05) is 36.1 Å². The molecular weight excluding hydrogens is 371 g/mol. The van der Waals surface area contributed by atoms with Crippen molar-refractivity contribution in [2.45, 2.75) is 0 Å². The molecule has 1 aliphatic rings. The number of nitrogens with zero attached hydrogens (tertiary/aromatic N) is 1. The van der Waals surface area contributed by atoms with E-state index in [1.165, 1.54) is 18.2 Å². The molecule has 3 aromatic rings. The molecule has 1 amide bonds. The van der Waals surface area contributed by atoms with Gasteiger partial charge >= 0.3 is 0 Å². The molecule has 1 fully saturated rings. The molecule has 2 heterocycles. The second kappa shape index (κ2) is 8.75. The van der Waals surface area contributed by atoms with Crippen LogP contribution in [-0.4, -0.2) is 32.2 Å². The van der Waals surface area contributed by atoms with E-state index in [1.807, 2.05) is 24.3 Å². The van der Waals surface area contributed by atoms with Gasteiger partial charge in [-0.1, -0.05) is 0 Å². The van der Waals surface area contributed by atoms with Gasteiger partial charge in [0.2, 0.25) is 5.91 Å². The minimum atomic E-state index is -0.296. The van der Waals surface area contributed by atoms with E-state index in [2.05, 4.69) is 10.2 Å². The lowest BCUT2D eigenvalue weighted by atomic mass is 10.2. The third-order valence-corrected chi connectivity index (χ3v) is 4.67. The van der Waals surface area contributed by atoms with Gasteiger partial charge in [-0.25, -0.2) is 4.39 Å². The molecular formula is C23H21FN2O3. The summed E-state index contributed by atoms with van der Waals surface area (Å²) in [6.45, 7) is 3.22. The van der Waals surface area contributed by atoms with Crippen LogP contribution in [0.5, 0.6) is 0 Å². The molecule has 1 saturated heterocycles. The number of nitrogens with one attached hydrogen (secondary N) is 1. The molecule has 29 heavy (non-hydrogen) atoms. The van der Waals surface area contributed by atoms with Gasteiger partial charge in [0.1, 0.15) is 17.3 Å². The molecule has 2 aromatic carbocycles. The van der Waals surface area contributed by atoms with Gasteiger partial charge in [-0.05, 0) is 66.7 Å². The molecule has 0 radical (unpaired) electrons. The first-order chi connectivity index (χ1) is 14.2. The van der Waals surface area contributed by atoms with E-state index in [0.717, 1.165) is 43.2 Å². The average molecular weight is 392 g/mol. The Hall–Kier alpha value is -3.38. The summed E-state index contributed by atoms with van der Waals surface area (Å²) in [5.74, 6) is 0.616. The van der Waals surface area contributed by atoms with Crippen molar-refractivity contribution < 1.29 is 18.3 Å². The van der Waals surface area contributed by atoms with Gasteiger partial charge in [0.15, 0.2) is 0 Å². The second-order valence-electron chi connectivity index (χ2n) is 6.68. The van der Waals surface area contributed by atoms with Crippen LogP contribution in [0, 0.1) is 5.82 Å². The van der Waals surface area contributed by atoms with Crippen LogP contribution in [-0.2, 0) is 9.53 Å². The first-order valence-corrected chi connectivity index (χ1v) is 9.45. The van der Waals surface area contributed by atoms with Crippen LogP contribution in [0.4, 0.5) is 15.8 Å². The predicted molar refractivity (Wildman–Crippen MR) is 111 cm³/mol. The maximum absolute atomic E-state index is 13.0. The molecule has 0 aliphatic carbocycles. The fraction of sp³-hybridized carbons (Fsp3) is 0.174. The third-order valence-electron chi connectivity index (χ3n) is 4.67. The molecule has 4 rings (SSSR count). The number of hydrogen-bond acceptors (Lipinski definition) is 4. The molecule has 6 heteroatoms. The zero-order valence-electron chi connectivity index (χ0n) is 15.8. The Kier molecular flexibility index (Phi) is 5.72. The van der Waals surface area contributed by atoms with Gasteiger partial charge in [-0.15, -0.1) is 0 Å². The number of furan rings is 1. The summed E-state index contributed by atoms with van der Waals surface area (Å²) >= 11 is 0. The van der Waals surface area contributed by atoms with Crippen molar-refractivity contribution in [3.8, 4) is 11.3 Å². The molecule has 148 valence electrons. The van der Waals surface area contributed by atoms with E-state index >= 15 is 0 Å². The number of amides is 1. The van der Waals surface area contributed by atoms with Crippen LogP contribution in [0.15, 0.2) is 71.2 Å². The summed E-state index contributed by atoms with van der Waals surface area (Å²) in [5.41, 5.74) is 2.62. The van der Waals surface area contributed by atoms with Crippen LogP contribution < -0.4 is 10.2 Å². The zero-order valence-corrected chi connectivity index (χ0v) is 15.8. The molecule has 1 N–H and O–H groups in total. The van der Waals surface area contributed by atoms with E-state index in [1.54, 1.807) is 30.3 Å². The highest BCUT2D eigenvalue weighted by Gasteiger charge is 2.11. The normalized spacial score (nSPS) is 14.3. The van der Waals surface area contributed by atoms with E-state index in [9.17, 15) is 9.18 Å². The maximum atomic E-state index is 13.0. The second-order valence-corrected chi connectivity index (χ2v) is 6.68. The Labute approximate surface area is 168 Å². The monoisotopic (exact) mass is 392 g/mol. The standard InChI is InChI=1S/C23H21FN2O3/c24-18-3-1-17(2-4-18)22-11-9-21(29-22)10-12-23(27)25-19-5-7-20(8-6-19)26-13-15-28-16-14-26/h1-12H,13-16H2,(H,25,27)/b12-10+. The fourth-order valence-corrected chi connectivity index (χ4v) is 3.13.